The number of aliphatic carboxylic acids is 1. The zero-order valence-corrected chi connectivity index (χ0v) is 22.2. The molecule has 0 bridgehead atoms. The van der Waals surface area contributed by atoms with E-state index < -0.39 is 23.7 Å². The van der Waals surface area contributed by atoms with E-state index in [0.29, 0.717) is 41.3 Å². The lowest BCUT2D eigenvalue weighted by molar-refractivity contribution is -0.141. The van der Waals surface area contributed by atoms with Gasteiger partial charge in [-0.15, -0.1) is 0 Å². The molecular formula is C30H33FN2O5. The van der Waals surface area contributed by atoms with Gasteiger partial charge in [0.1, 0.15) is 11.6 Å². The highest BCUT2D eigenvalue weighted by Gasteiger charge is 2.30. The molecule has 1 fully saturated rings. The van der Waals surface area contributed by atoms with Gasteiger partial charge in [-0.05, 0) is 65.8 Å². The number of carboxylic acid groups (broad SMARTS) is 1. The Morgan fingerprint density at radius 3 is 2.63 bits per heavy atom. The summed E-state index contributed by atoms with van der Waals surface area (Å²) in [5.41, 5.74) is 3.10. The van der Waals surface area contributed by atoms with Crippen LogP contribution < -0.4 is 9.47 Å². The zero-order chi connectivity index (χ0) is 27.4. The van der Waals surface area contributed by atoms with Crippen molar-refractivity contribution in [2.75, 3.05) is 20.2 Å². The minimum Gasteiger partial charge on any atom is -0.481 e. The number of likely N-dealkylation sites (tertiary alicyclic amines) is 1. The Balaban J connectivity index is 1.63. The minimum atomic E-state index is -0.885. The first kappa shape index (κ1) is 27.3. The van der Waals surface area contributed by atoms with Crippen LogP contribution in [-0.4, -0.2) is 47.1 Å². The molecule has 4 rings (SSSR count). The van der Waals surface area contributed by atoms with E-state index in [0.717, 1.165) is 36.8 Å². The Hall–Kier alpha value is -3.78. The van der Waals surface area contributed by atoms with Gasteiger partial charge >= 0.3 is 11.9 Å². The molecule has 0 spiro atoms. The Labute approximate surface area is 222 Å². The van der Waals surface area contributed by atoms with Gasteiger partial charge in [-0.1, -0.05) is 39.0 Å². The molecule has 8 heteroatoms. The van der Waals surface area contributed by atoms with Gasteiger partial charge in [0.15, 0.2) is 0 Å². The number of benzene rings is 2. The van der Waals surface area contributed by atoms with Gasteiger partial charge in [0, 0.05) is 24.7 Å². The SMILES string of the molecule is COc1cc(-c2ccc(C(=O)Oc3cccc(CC(C)C(=O)O)c3)cc2CN2CCC(C)(C)C2)c(F)cn1. The number of hydrogen-bond donors (Lipinski definition) is 1. The number of carboxylic acids is 1. The van der Waals surface area contributed by atoms with Crippen LogP contribution in [-0.2, 0) is 17.8 Å². The number of rotatable bonds is 9. The Kier molecular flexibility index (Phi) is 8.11. The minimum absolute atomic E-state index is 0.186. The van der Waals surface area contributed by atoms with E-state index in [1.54, 1.807) is 55.5 Å². The molecule has 0 aliphatic carbocycles. The number of pyridine rings is 1. The maximum atomic E-state index is 14.9. The van der Waals surface area contributed by atoms with Crippen molar-refractivity contribution in [2.45, 2.75) is 40.2 Å². The molecule has 1 aliphatic heterocycles. The van der Waals surface area contributed by atoms with Crippen molar-refractivity contribution in [1.82, 2.24) is 9.88 Å². The fourth-order valence-electron chi connectivity index (χ4n) is 4.79. The van der Waals surface area contributed by atoms with Crippen LogP contribution in [0.25, 0.3) is 11.1 Å². The van der Waals surface area contributed by atoms with Crippen LogP contribution in [0, 0.1) is 17.2 Å². The number of carbonyl (C=O) groups is 2. The van der Waals surface area contributed by atoms with Crippen LogP contribution in [0.4, 0.5) is 4.39 Å². The first-order chi connectivity index (χ1) is 18.0. The molecule has 2 aromatic carbocycles. The largest absolute Gasteiger partial charge is 0.481 e. The van der Waals surface area contributed by atoms with Gasteiger partial charge in [-0.2, -0.15) is 0 Å². The first-order valence-electron chi connectivity index (χ1n) is 12.6. The number of methoxy groups -OCH3 is 1. The van der Waals surface area contributed by atoms with Gasteiger partial charge in [-0.3, -0.25) is 9.69 Å². The summed E-state index contributed by atoms with van der Waals surface area (Å²) in [6.07, 6.45) is 2.52. The summed E-state index contributed by atoms with van der Waals surface area (Å²) >= 11 is 0. The van der Waals surface area contributed by atoms with E-state index in [1.807, 2.05) is 0 Å². The number of aromatic nitrogens is 1. The summed E-state index contributed by atoms with van der Waals surface area (Å²) in [6.45, 7) is 8.43. The third kappa shape index (κ3) is 6.55. The molecule has 1 unspecified atom stereocenters. The number of nitrogens with zero attached hydrogens (tertiary/aromatic N) is 2. The summed E-state index contributed by atoms with van der Waals surface area (Å²) in [4.78, 5) is 30.6. The summed E-state index contributed by atoms with van der Waals surface area (Å²) in [7, 11) is 1.48. The Morgan fingerprint density at radius 2 is 1.95 bits per heavy atom. The van der Waals surface area contributed by atoms with Crippen LogP contribution in [0.3, 0.4) is 0 Å². The molecule has 1 aliphatic rings. The predicted octanol–water partition coefficient (Wildman–Crippen LogP) is 5.61. The van der Waals surface area contributed by atoms with Gasteiger partial charge in [0.25, 0.3) is 0 Å². The molecular weight excluding hydrogens is 487 g/mol. The highest BCUT2D eigenvalue weighted by atomic mass is 19.1. The van der Waals surface area contributed by atoms with Gasteiger partial charge < -0.3 is 14.6 Å². The molecule has 2 heterocycles. The normalized spacial score (nSPS) is 15.7. The van der Waals surface area contributed by atoms with E-state index in [-0.39, 0.29) is 5.41 Å². The summed E-state index contributed by atoms with van der Waals surface area (Å²) in [5, 5.41) is 9.19. The molecule has 200 valence electrons. The second kappa shape index (κ2) is 11.3. The summed E-state index contributed by atoms with van der Waals surface area (Å²) in [6, 6.07) is 13.5. The average Bonchev–Trinajstić information content (AvgIpc) is 3.22. The lowest BCUT2D eigenvalue weighted by Crippen LogP contribution is -2.23. The maximum Gasteiger partial charge on any atom is 0.343 e. The maximum absolute atomic E-state index is 14.9. The summed E-state index contributed by atoms with van der Waals surface area (Å²) in [5.74, 6) is -1.83. The topological polar surface area (TPSA) is 89.0 Å². The zero-order valence-electron chi connectivity index (χ0n) is 22.2. The highest BCUT2D eigenvalue weighted by Crippen LogP contribution is 2.34. The molecule has 1 atom stereocenters. The monoisotopic (exact) mass is 520 g/mol. The van der Waals surface area contributed by atoms with E-state index in [1.165, 1.54) is 7.11 Å². The number of carbonyl (C=O) groups excluding carboxylic acids is 1. The molecule has 7 nitrogen and oxygen atoms in total. The van der Waals surface area contributed by atoms with Crippen LogP contribution in [0.15, 0.2) is 54.7 Å². The van der Waals surface area contributed by atoms with Crippen molar-refractivity contribution in [2.24, 2.45) is 11.3 Å². The van der Waals surface area contributed by atoms with Crippen molar-refractivity contribution in [3.05, 3.63) is 77.2 Å². The van der Waals surface area contributed by atoms with Crippen molar-refractivity contribution >= 4 is 11.9 Å². The lowest BCUT2D eigenvalue weighted by Gasteiger charge is -2.22. The first-order valence-corrected chi connectivity index (χ1v) is 12.6. The molecule has 3 aromatic rings. The Bertz CT molecular complexity index is 1340. The smallest absolute Gasteiger partial charge is 0.343 e. The van der Waals surface area contributed by atoms with Gasteiger partial charge in [0.2, 0.25) is 5.88 Å². The quantitative estimate of drug-likeness (QED) is 0.290. The number of halogens is 1. The molecule has 0 saturated carbocycles. The van der Waals surface area contributed by atoms with Crippen molar-refractivity contribution in [3.63, 3.8) is 0 Å². The lowest BCUT2D eigenvalue weighted by atomic mass is 9.93. The van der Waals surface area contributed by atoms with E-state index in [9.17, 15) is 19.1 Å². The van der Waals surface area contributed by atoms with E-state index >= 15 is 0 Å². The fraction of sp³-hybridized carbons (Fsp3) is 0.367. The number of hydrogen-bond acceptors (Lipinski definition) is 6. The highest BCUT2D eigenvalue weighted by molar-refractivity contribution is 5.92. The second-order valence-corrected chi connectivity index (χ2v) is 10.7. The third-order valence-corrected chi connectivity index (χ3v) is 6.89. The molecule has 1 aromatic heterocycles. The standard InChI is InChI=1S/C30H33FN2O5/c1-19(28(34)35)12-20-6-5-7-23(13-20)38-29(36)21-8-9-24(25-15-27(37-4)32-16-26(25)31)22(14-21)17-33-11-10-30(2,3)18-33/h5-9,13-16,19H,10-12,17-18H2,1-4H3,(H,34,35). The van der Waals surface area contributed by atoms with Crippen LogP contribution >= 0.6 is 0 Å². The second-order valence-electron chi connectivity index (χ2n) is 10.7. The average molecular weight is 521 g/mol. The molecule has 38 heavy (non-hydrogen) atoms. The van der Waals surface area contributed by atoms with Crippen molar-refractivity contribution < 1.29 is 28.6 Å². The molecule has 1 N–H and O–H groups in total. The van der Waals surface area contributed by atoms with Crippen molar-refractivity contribution in [3.8, 4) is 22.8 Å². The molecule has 0 radical (unpaired) electrons. The third-order valence-electron chi connectivity index (χ3n) is 6.89. The number of esters is 1. The molecule has 0 amide bonds. The predicted molar refractivity (Wildman–Crippen MR) is 142 cm³/mol. The van der Waals surface area contributed by atoms with E-state index in [4.69, 9.17) is 9.47 Å². The fourth-order valence-corrected chi connectivity index (χ4v) is 4.79. The van der Waals surface area contributed by atoms with Crippen molar-refractivity contribution in [1.29, 1.82) is 0 Å². The van der Waals surface area contributed by atoms with E-state index in [2.05, 4.69) is 23.7 Å². The summed E-state index contributed by atoms with van der Waals surface area (Å²) < 4.78 is 25.7. The van der Waals surface area contributed by atoms with Crippen LogP contribution in [0.2, 0.25) is 0 Å². The molecule has 1 saturated heterocycles. The number of ether oxygens (including phenoxy) is 2. The van der Waals surface area contributed by atoms with Gasteiger partial charge in [-0.25, -0.2) is 14.2 Å². The van der Waals surface area contributed by atoms with Crippen LogP contribution in [0.1, 0.15) is 48.7 Å². The van der Waals surface area contributed by atoms with Gasteiger partial charge in [0.05, 0.1) is 24.8 Å². The Morgan fingerprint density at radius 1 is 1.16 bits per heavy atom. The van der Waals surface area contributed by atoms with Crippen LogP contribution in [0.5, 0.6) is 11.6 Å².